The Labute approximate surface area is 145 Å². The molecule has 8 nitrogen and oxygen atoms in total. The van der Waals surface area contributed by atoms with Crippen molar-refractivity contribution >= 4 is 5.91 Å². The predicted molar refractivity (Wildman–Crippen MR) is 91.9 cm³/mol. The van der Waals surface area contributed by atoms with Crippen LogP contribution in [0, 0.1) is 19.3 Å². The highest BCUT2D eigenvalue weighted by Gasteiger charge is 2.46. The van der Waals surface area contributed by atoms with Crippen LogP contribution >= 0.6 is 0 Å². The van der Waals surface area contributed by atoms with Crippen molar-refractivity contribution in [2.75, 3.05) is 13.1 Å². The first-order valence-corrected chi connectivity index (χ1v) is 8.60. The van der Waals surface area contributed by atoms with Gasteiger partial charge in [-0.05, 0) is 51.1 Å². The lowest BCUT2D eigenvalue weighted by molar-refractivity contribution is 0.0746. The van der Waals surface area contributed by atoms with Gasteiger partial charge in [0.1, 0.15) is 5.69 Å². The summed E-state index contributed by atoms with van der Waals surface area (Å²) in [5, 5.41) is 9.21. The number of nitrogens with zero attached hydrogens (tertiary/aromatic N) is 3. The number of hydrogen-bond acceptors (Lipinski definition) is 5. The van der Waals surface area contributed by atoms with E-state index < -0.39 is 0 Å². The average Bonchev–Trinajstić information content (AvgIpc) is 3.12. The second-order valence-electron chi connectivity index (χ2n) is 7.30. The molecule has 1 amide bonds. The highest BCUT2D eigenvalue weighted by molar-refractivity contribution is 5.92. The number of carbonyl (C=O) groups is 1. The smallest absolute Gasteiger partial charge is 0.274 e. The molecule has 1 spiro atoms. The lowest BCUT2D eigenvalue weighted by Crippen LogP contribution is -2.51. The van der Waals surface area contributed by atoms with E-state index in [1.165, 1.54) is 17.2 Å². The molecule has 4 rings (SSSR count). The first-order valence-electron chi connectivity index (χ1n) is 8.60. The van der Waals surface area contributed by atoms with Crippen molar-refractivity contribution in [3.8, 4) is 5.95 Å². The molecule has 0 radical (unpaired) electrons. The Kier molecular flexibility index (Phi) is 3.72. The van der Waals surface area contributed by atoms with Gasteiger partial charge in [0.15, 0.2) is 0 Å². The normalized spacial score (nSPS) is 25.1. The maximum absolute atomic E-state index is 12.4. The van der Waals surface area contributed by atoms with Gasteiger partial charge in [-0.2, -0.15) is 4.68 Å². The van der Waals surface area contributed by atoms with E-state index in [1.54, 1.807) is 0 Å². The third-order valence-electron chi connectivity index (χ3n) is 5.16. The van der Waals surface area contributed by atoms with Crippen LogP contribution < -0.4 is 16.2 Å². The molecule has 2 fully saturated rings. The summed E-state index contributed by atoms with van der Waals surface area (Å²) in [6, 6.07) is 3.30. The second kappa shape index (κ2) is 5.80. The van der Waals surface area contributed by atoms with Crippen molar-refractivity contribution in [1.29, 1.82) is 0 Å². The molecule has 0 aromatic carbocycles. The zero-order chi connectivity index (χ0) is 17.6. The molecule has 3 N–H and O–H groups in total. The monoisotopic (exact) mass is 342 g/mol. The number of H-pyrrole nitrogens is 1. The second-order valence-corrected chi connectivity index (χ2v) is 7.30. The van der Waals surface area contributed by atoms with Crippen LogP contribution in [0.4, 0.5) is 0 Å². The topological polar surface area (TPSA) is 105 Å². The first kappa shape index (κ1) is 16.0. The van der Waals surface area contributed by atoms with E-state index >= 15 is 0 Å². The summed E-state index contributed by atoms with van der Waals surface area (Å²) in [5.74, 6) is -0.00721. The lowest BCUT2D eigenvalue weighted by atomic mass is 9.65. The van der Waals surface area contributed by atoms with E-state index in [0.717, 1.165) is 37.3 Å². The summed E-state index contributed by atoms with van der Waals surface area (Å²) in [6.45, 7) is 5.78. The van der Waals surface area contributed by atoms with Crippen molar-refractivity contribution in [3.05, 3.63) is 39.6 Å². The Morgan fingerprint density at radius 2 is 2.00 bits per heavy atom. The highest BCUT2D eigenvalue weighted by Crippen LogP contribution is 2.45. The third kappa shape index (κ3) is 2.97. The molecule has 2 aromatic heterocycles. The lowest BCUT2D eigenvalue weighted by Gasteiger charge is -2.45. The zero-order valence-corrected chi connectivity index (χ0v) is 14.4. The van der Waals surface area contributed by atoms with Crippen molar-refractivity contribution in [1.82, 2.24) is 30.4 Å². The van der Waals surface area contributed by atoms with Gasteiger partial charge in [-0.1, -0.05) is 0 Å². The van der Waals surface area contributed by atoms with Gasteiger partial charge in [-0.3, -0.25) is 14.7 Å². The molecule has 0 bridgehead atoms. The van der Waals surface area contributed by atoms with E-state index in [9.17, 15) is 9.59 Å². The maximum Gasteiger partial charge on any atom is 0.274 e. The van der Waals surface area contributed by atoms with E-state index in [4.69, 9.17) is 0 Å². The van der Waals surface area contributed by atoms with Crippen LogP contribution in [0.1, 0.15) is 41.1 Å². The summed E-state index contributed by atoms with van der Waals surface area (Å²) in [5.41, 5.74) is 1.78. The number of aromatic amines is 1. The number of amides is 1. The van der Waals surface area contributed by atoms with Gasteiger partial charge in [0, 0.05) is 30.0 Å². The van der Waals surface area contributed by atoms with Crippen molar-refractivity contribution in [2.45, 2.75) is 39.2 Å². The molecular formula is C17H22N6O2. The molecule has 132 valence electrons. The quantitative estimate of drug-likeness (QED) is 0.751. The standard InChI is InChI=1S/C17H22N6O2/c1-10-5-11(2)20-16(19-10)23-14(24)6-13(22-23)15(25)21-12-7-17(8-12)3-4-18-9-17/h5-6,12,18,22H,3-4,7-9H2,1-2H3,(H,21,25). The van der Waals surface area contributed by atoms with Crippen LogP contribution in [0.25, 0.3) is 5.95 Å². The Morgan fingerprint density at radius 1 is 1.28 bits per heavy atom. The maximum atomic E-state index is 12.4. The fourth-order valence-electron chi connectivity index (χ4n) is 3.96. The SMILES string of the molecule is Cc1cc(C)nc(-n2[nH]c(C(=O)NC3CC4(CCNC4)C3)cc2=O)n1. The fourth-order valence-corrected chi connectivity index (χ4v) is 3.96. The van der Waals surface area contributed by atoms with Crippen LogP contribution in [0.3, 0.4) is 0 Å². The summed E-state index contributed by atoms with van der Waals surface area (Å²) in [7, 11) is 0. The van der Waals surface area contributed by atoms with Gasteiger partial charge in [0.05, 0.1) is 0 Å². The van der Waals surface area contributed by atoms with E-state index in [2.05, 4.69) is 25.7 Å². The predicted octanol–water partition coefficient (Wildman–Crippen LogP) is 0.444. The summed E-state index contributed by atoms with van der Waals surface area (Å²) in [6.07, 6.45) is 3.17. The number of aromatic nitrogens is 4. The molecule has 8 heteroatoms. The van der Waals surface area contributed by atoms with Crippen LogP contribution in [-0.2, 0) is 0 Å². The zero-order valence-electron chi connectivity index (χ0n) is 14.4. The Morgan fingerprint density at radius 3 is 2.64 bits per heavy atom. The van der Waals surface area contributed by atoms with Gasteiger partial charge < -0.3 is 10.6 Å². The minimum absolute atomic E-state index is 0.178. The van der Waals surface area contributed by atoms with Crippen molar-refractivity contribution in [3.63, 3.8) is 0 Å². The summed E-state index contributed by atoms with van der Waals surface area (Å²) in [4.78, 5) is 33.1. The molecule has 2 aliphatic rings. The highest BCUT2D eigenvalue weighted by atomic mass is 16.2. The number of hydrogen-bond donors (Lipinski definition) is 3. The van der Waals surface area contributed by atoms with Gasteiger partial charge in [-0.15, -0.1) is 0 Å². The van der Waals surface area contributed by atoms with Gasteiger partial charge in [0.25, 0.3) is 17.4 Å². The largest absolute Gasteiger partial charge is 0.348 e. The van der Waals surface area contributed by atoms with Gasteiger partial charge in [-0.25, -0.2) is 9.97 Å². The molecule has 2 aromatic rings. The van der Waals surface area contributed by atoms with Crippen LogP contribution in [0.2, 0.25) is 0 Å². The molecular weight excluding hydrogens is 320 g/mol. The molecule has 1 aliphatic heterocycles. The third-order valence-corrected chi connectivity index (χ3v) is 5.16. The molecule has 0 atom stereocenters. The number of aryl methyl sites for hydroxylation is 2. The number of nitrogens with one attached hydrogen (secondary N) is 3. The number of carbonyl (C=O) groups excluding carboxylic acids is 1. The minimum atomic E-state index is -0.347. The van der Waals surface area contributed by atoms with E-state index in [1.807, 2.05) is 19.9 Å². The minimum Gasteiger partial charge on any atom is -0.348 e. The Hall–Kier alpha value is -2.48. The molecule has 1 saturated carbocycles. The summed E-state index contributed by atoms with van der Waals surface area (Å²) < 4.78 is 1.21. The van der Waals surface area contributed by atoms with E-state index in [-0.39, 0.29) is 29.2 Å². The van der Waals surface area contributed by atoms with E-state index in [0.29, 0.717) is 5.41 Å². The molecule has 1 saturated heterocycles. The van der Waals surface area contributed by atoms with Crippen LogP contribution in [0.15, 0.2) is 16.9 Å². The Balaban J connectivity index is 1.48. The first-order chi connectivity index (χ1) is 11.9. The van der Waals surface area contributed by atoms with Crippen LogP contribution in [-0.4, -0.2) is 44.8 Å². The van der Waals surface area contributed by atoms with Gasteiger partial charge in [0.2, 0.25) is 0 Å². The molecule has 1 aliphatic carbocycles. The van der Waals surface area contributed by atoms with Crippen LogP contribution in [0.5, 0.6) is 0 Å². The molecule has 3 heterocycles. The van der Waals surface area contributed by atoms with Gasteiger partial charge >= 0.3 is 0 Å². The van der Waals surface area contributed by atoms with Crippen molar-refractivity contribution in [2.24, 2.45) is 5.41 Å². The molecule has 0 unspecified atom stereocenters. The summed E-state index contributed by atoms with van der Waals surface area (Å²) >= 11 is 0. The molecule has 25 heavy (non-hydrogen) atoms. The number of rotatable bonds is 3. The fraction of sp³-hybridized carbons (Fsp3) is 0.529. The Bertz CT molecular complexity index is 849. The average molecular weight is 342 g/mol. The van der Waals surface area contributed by atoms with Crippen molar-refractivity contribution < 1.29 is 4.79 Å².